The number of carbonyl (C=O) groups excluding carboxylic acids is 2. The number of esters is 1. The Morgan fingerprint density at radius 2 is 2.47 bits per heavy atom. The summed E-state index contributed by atoms with van der Waals surface area (Å²) in [5.41, 5.74) is 1.04. The summed E-state index contributed by atoms with van der Waals surface area (Å²) in [4.78, 5) is 26.6. The standard InChI is InChI=1S/C10H10N2O3/c1-2-15-10(14)6-3-4-11-9-7(6)5-8(13)12-9/h3-4H,2,5H2,1H3,(H,11,12,13). The molecule has 2 heterocycles. The Morgan fingerprint density at radius 3 is 3.20 bits per heavy atom. The third-order valence-corrected chi connectivity index (χ3v) is 2.15. The van der Waals surface area contributed by atoms with E-state index < -0.39 is 5.97 Å². The number of nitrogens with zero attached hydrogens (tertiary/aromatic N) is 1. The van der Waals surface area contributed by atoms with Crippen LogP contribution in [0.2, 0.25) is 0 Å². The summed E-state index contributed by atoms with van der Waals surface area (Å²) in [5, 5.41) is 2.58. The fraction of sp³-hybridized carbons (Fsp3) is 0.300. The second kappa shape index (κ2) is 3.68. The van der Waals surface area contributed by atoms with Crippen LogP contribution < -0.4 is 5.32 Å². The summed E-state index contributed by atoms with van der Waals surface area (Å²) in [7, 11) is 0. The molecule has 0 spiro atoms. The lowest BCUT2D eigenvalue weighted by Crippen LogP contribution is -2.08. The van der Waals surface area contributed by atoms with Crippen molar-refractivity contribution < 1.29 is 14.3 Å². The van der Waals surface area contributed by atoms with Gasteiger partial charge in [-0.05, 0) is 13.0 Å². The molecule has 5 heteroatoms. The van der Waals surface area contributed by atoms with E-state index >= 15 is 0 Å². The molecule has 0 aromatic carbocycles. The van der Waals surface area contributed by atoms with Crippen LogP contribution >= 0.6 is 0 Å². The molecule has 15 heavy (non-hydrogen) atoms. The van der Waals surface area contributed by atoms with E-state index in [1.165, 1.54) is 6.20 Å². The van der Waals surface area contributed by atoms with Gasteiger partial charge in [-0.15, -0.1) is 0 Å². The molecule has 2 rings (SSSR count). The van der Waals surface area contributed by atoms with Crippen molar-refractivity contribution in [2.45, 2.75) is 13.3 Å². The van der Waals surface area contributed by atoms with Gasteiger partial charge in [-0.3, -0.25) is 4.79 Å². The molecule has 1 aromatic rings. The molecule has 5 nitrogen and oxygen atoms in total. The first-order chi connectivity index (χ1) is 7.22. The fourth-order valence-corrected chi connectivity index (χ4v) is 1.52. The SMILES string of the molecule is CCOC(=O)c1ccnc2c1CC(=O)N2. The molecule has 0 aliphatic carbocycles. The maximum atomic E-state index is 11.5. The summed E-state index contributed by atoms with van der Waals surface area (Å²) in [6.45, 7) is 2.06. The Bertz CT molecular complexity index is 429. The molecule has 0 atom stereocenters. The highest BCUT2D eigenvalue weighted by Crippen LogP contribution is 2.24. The molecule has 78 valence electrons. The Labute approximate surface area is 86.5 Å². The first-order valence-corrected chi connectivity index (χ1v) is 4.67. The number of hydrogen-bond donors (Lipinski definition) is 1. The van der Waals surface area contributed by atoms with Crippen molar-refractivity contribution in [1.29, 1.82) is 0 Å². The van der Waals surface area contributed by atoms with Crippen molar-refractivity contribution in [3.05, 3.63) is 23.4 Å². The Morgan fingerprint density at radius 1 is 1.67 bits per heavy atom. The number of hydrogen-bond acceptors (Lipinski definition) is 4. The van der Waals surface area contributed by atoms with Crippen LogP contribution in [0.1, 0.15) is 22.8 Å². The molecule has 0 saturated heterocycles. The molecule has 1 aromatic heterocycles. The van der Waals surface area contributed by atoms with Gasteiger partial charge in [0.15, 0.2) is 0 Å². The van der Waals surface area contributed by atoms with Crippen LogP contribution in [-0.4, -0.2) is 23.5 Å². The number of carbonyl (C=O) groups is 2. The predicted octanol–water partition coefficient (Wildman–Crippen LogP) is 0.753. The van der Waals surface area contributed by atoms with Crippen LogP contribution in [0.15, 0.2) is 12.3 Å². The van der Waals surface area contributed by atoms with Crippen molar-refractivity contribution in [2.75, 3.05) is 11.9 Å². The number of fused-ring (bicyclic) bond motifs is 1. The number of anilines is 1. The van der Waals surface area contributed by atoms with Crippen LogP contribution in [0, 0.1) is 0 Å². The molecule has 1 amide bonds. The maximum Gasteiger partial charge on any atom is 0.338 e. The van der Waals surface area contributed by atoms with Gasteiger partial charge >= 0.3 is 5.97 Å². The van der Waals surface area contributed by atoms with Crippen LogP contribution in [0.3, 0.4) is 0 Å². The van der Waals surface area contributed by atoms with Gasteiger partial charge in [0.2, 0.25) is 5.91 Å². The summed E-state index contributed by atoms with van der Waals surface area (Å²) >= 11 is 0. The van der Waals surface area contributed by atoms with Crippen molar-refractivity contribution in [3.8, 4) is 0 Å². The Hall–Kier alpha value is -1.91. The molecule has 1 aliphatic rings. The molecular formula is C10H10N2O3. The summed E-state index contributed by atoms with van der Waals surface area (Å²) < 4.78 is 4.88. The number of rotatable bonds is 2. The van der Waals surface area contributed by atoms with E-state index in [2.05, 4.69) is 10.3 Å². The van der Waals surface area contributed by atoms with Gasteiger partial charge in [-0.2, -0.15) is 0 Å². The smallest absolute Gasteiger partial charge is 0.338 e. The molecule has 0 radical (unpaired) electrons. The normalized spacial score (nSPS) is 13.3. The minimum absolute atomic E-state index is 0.144. The molecule has 0 bridgehead atoms. The topological polar surface area (TPSA) is 68.3 Å². The van der Waals surface area contributed by atoms with Crippen molar-refractivity contribution in [1.82, 2.24) is 4.98 Å². The lowest BCUT2D eigenvalue weighted by atomic mass is 10.1. The number of nitrogens with one attached hydrogen (secondary N) is 1. The minimum Gasteiger partial charge on any atom is -0.462 e. The molecule has 1 N–H and O–H groups in total. The van der Waals surface area contributed by atoms with Crippen molar-refractivity contribution >= 4 is 17.7 Å². The van der Waals surface area contributed by atoms with E-state index in [1.54, 1.807) is 13.0 Å². The Kier molecular flexibility index (Phi) is 2.37. The first kappa shape index (κ1) is 9.64. The summed E-state index contributed by atoms with van der Waals surface area (Å²) in [6.07, 6.45) is 1.67. The van der Waals surface area contributed by atoms with Gasteiger partial charge in [0, 0.05) is 11.8 Å². The zero-order valence-electron chi connectivity index (χ0n) is 8.24. The highest BCUT2D eigenvalue weighted by atomic mass is 16.5. The van der Waals surface area contributed by atoms with E-state index in [9.17, 15) is 9.59 Å². The number of ether oxygens (including phenoxy) is 1. The number of aromatic nitrogens is 1. The van der Waals surface area contributed by atoms with Gasteiger partial charge in [-0.1, -0.05) is 0 Å². The van der Waals surface area contributed by atoms with Crippen molar-refractivity contribution in [2.24, 2.45) is 0 Å². The van der Waals surface area contributed by atoms with Gasteiger partial charge in [-0.25, -0.2) is 9.78 Å². The van der Waals surface area contributed by atoms with Crippen LogP contribution in [-0.2, 0) is 16.0 Å². The fourth-order valence-electron chi connectivity index (χ4n) is 1.52. The predicted molar refractivity (Wildman–Crippen MR) is 52.5 cm³/mol. The highest BCUT2D eigenvalue weighted by molar-refractivity contribution is 6.03. The third kappa shape index (κ3) is 1.68. The lowest BCUT2D eigenvalue weighted by Gasteiger charge is -2.04. The quantitative estimate of drug-likeness (QED) is 0.725. The van der Waals surface area contributed by atoms with Gasteiger partial charge in [0.05, 0.1) is 18.6 Å². The van der Waals surface area contributed by atoms with Crippen LogP contribution in [0.5, 0.6) is 0 Å². The second-order valence-electron chi connectivity index (χ2n) is 3.13. The van der Waals surface area contributed by atoms with Gasteiger partial charge in [0.25, 0.3) is 0 Å². The van der Waals surface area contributed by atoms with E-state index in [0.717, 1.165) is 0 Å². The van der Waals surface area contributed by atoms with Crippen molar-refractivity contribution in [3.63, 3.8) is 0 Å². The number of amides is 1. The van der Waals surface area contributed by atoms with E-state index in [4.69, 9.17) is 4.74 Å². The molecule has 0 unspecified atom stereocenters. The largest absolute Gasteiger partial charge is 0.462 e. The highest BCUT2D eigenvalue weighted by Gasteiger charge is 2.25. The van der Waals surface area contributed by atoms with E-state index in [0.29, 0.717) is 23.6 Å². The first-order valence-electron chi connectivity index (χ1n) is 4.67. The maximum absolute atomic E-state index is 11.5. The average molecular weight is 206 g/mol. The Balaban J connectivity index is 2.38. The zero-order valence-corrected chi connectivity index (χ0v) is 8.24. The van der Waals surface area contributed by atoms with E-state index in [1.807, 2.05) is 0 Å². The monoisotopic (exact) mass is 206 g/mol. The molecule has 0 fully saturated rings. The lowest BCUT2D eigenvalue weighted by molar-refractivity contribution is -0.115. The zero-order chi connectivity index (χ0) is 10.8. The number of pyridine rings is 1. The molecule has 1 aliphatic heterocycles. The average Bonchev–Trinajstić information content (AvgIpc) is 2.57. The van der Waals surface area contributed by atoms with Crippen LogP contribution in [0.25, 0.3) is 0 Å². The summed E-state index contributed by atoms with van der Waals surface area (Å²) in [6, 6.07) is 1.57. The van der Waals surface area contributed by atoms with Gasteiger partial charge in [0.1, 0.15) is 5.82 Å². The van der Waals surface area contributed by atoms with E-state index in [-0.39, 0.29) is 12.3 Å². The van der Waals surface area contributed by atoms with Gasteiger partial charge < -0.3 is 10.1 Å². The molecular weight excluding hydrogens is 196 g/mol. The minimum atomic E-state index is -0.410. The summed E-state index contributed by atoms with van der Waals surface area (Å²) in [5.74, 6) is -0.0903. The second-order valence-corrected chi connectivity index (χ2v) is 3.13. The van der Waals surface area contributed by atoms with Crippen LogP contribution in [0.4, 0.5) is 5.82 Å². The molecule has 0 saturated carbocycles. The third-order valence-electron chi connectivity index (χ3n) is 2.15.